The van der Waals surface area contributed by atoms with Gasteiger partial charge < -0.3 is 13.3 Å². The Bertz CT molecular complexity index is 449. The topological polar surface area (TPSA) is 34.2 Å². The second-order valence-electron chi connectivity index (χ2n) is 5.45. The quantitative estimate of drug-likeness (QED) is 0.773. The Morgan fingerprint density at radius 3 is 2.33 bits per heavy atom. The van der Waals surface area contributed by atoms with Crippen molar-refractivity contribution < 1.29 is 13.3 Å². The van der Waals surface area contributed by atoms with Crippen LogP contribution in [0.15, 0.2) is 12.1 Å². The zero-order valence-electron chi connectivity index (χ0n) is 12.2. The van der Waals surface area contributed by atoms with Crippen LogP contribution in [0.1, 0.15) is 4.88 Å². The van der Waals surface area contributed by atoms with Crippen LogP contribution in [0, 0.1) is 0 Å². The number of rotatable bonds is 4. The van der Waals surface area contributed by atoms with Crippen LogP contribution in [0.4, 0.5) is 0 Å². The van der Waals surface area contributed by atoms with E-state index in [2.05, 4.69) is 22.9 Å². The molecule has 0 spiro atoms. The molecule has 0 aliphatic carbocycles. The predicted molar refractivity (Wildman–Crippen MR) is 85.7 cm³/mol. The van der Waals surface area contributed by atoms with Gasteiger partial charge in [0.25, 0.3) is 0 Å². The van der Waals surface area contributed by atoms with Crippen LogP contribution in [0.25, 0.3) is 0 Å². The molecule has 4 rings (SSSR count). The number of fused-ring (bicyclic) bond motifs is 6. The van der Waals surface area contributed by atoms with E-state index in [1.54, 1.807) is 11.3 Å². The maximum atomic E-state index is 6.04. The van der Waals surface area contributed by atoms with Gasteiger partial charge in [-0.25, -0.2) is 0 Å². The molecular formula is C13H21ClN2O3SSi. The maximum absolute atomic E-state index is 6.04. The summed E-state index contributed by atoms with van der Waals surface area (Å²) in [6.07, 6.45) is 0.725. The number of nitrogens with zero attached hydrogens (tertiary/aromatic N) is 2. The number of thiophene rings is 1. The second-order valence-corrected chi connectivity index (χ2v) is 9.80. The normalized spacial score (nSPS) is 30.1. The van der Waals surface area contributed by atoms with Gasteiger partial charge in [0.2, 0.25) is 0 Å². The van der Waals surface area contributed by atoms with Gasteiger partial charge in [0.15, 0.2) is 0 Å². The number of hydrogen-bond acceptors (Lipinski definition) is 6. The van der Waals surface area contributed by atoms with E-state index in [1.165, 1.54) is 4.88 Å². The van der Waals surface area contributed by atoms with Gasteiger partial charge in [0.1, 0.15) is 0 Å². The van der Waals surface area contributed by atoms with Crippen molar-refractivity contribution in [2.24, 2.45) is 0 Å². The summed E-state index contributed by atoms with van der Waals surface area (Å²) in [4.78, 5) is 5.79. The average molecular weight is 349 g/mol. The zero-order chi connectivity index (χ0) is 14.7. The Labute approximate surface area is 135 Å². The van der Waals surface area contributed by atoms with E-state index in [4.69, 9.17) is 24.9 Å². The van der Waals surface area contributed by atoms with Crippen LogP contribution in [-0.2, 0) is 19.8 Å². The molecule has 0 aromatic carbocycles. The van der Waals surface area contributed by atoms with Crippen LogP contribution in [-0.4, -0.2) is 71.3 Å². The van der Waals surface area contributed by atoms with E-state index in [9.17, 15) is 0 Å². The molecule has 3 aliphatic rings. The molecule has 1 aromatic heterocycles. The Kier molecular flexibility index (Phi) is 5.34. The van der Waals surface area contributed by atoms with Gasteiger partial charge in [-0.1, -0.05) is 11.6 Å². The van der Waals surface area contributed by atoms with Crippen molar-refractivity contribution in [3.63, 3.8) is 0 Å². The lowest BCUT2D eigenvalue weighted by Gasteiger charge is -2.39. The summed E-state index contributed by atoms with van der Waals surface area (Å²) in [5.74, 6) is 0. The zero-order valence-corrected chi connectivity index (χ0v) is 14.8. The first-order valence-corrected chi connectivity index (χ1v) is 10.3. The van der Waals surface area contributed by atoms with Gasteiger partial charge in [0.05, 0.1) is 30.3 Å². The van der Waals surface area contributed by atoms with Crippen molar-refractivity contribution in [3.8, 4) is 0 Å². The molecule has 1 aromatic rings. The molecule has 3 fully saturated rings. The van der Waals surface area contributed by atoms with Crippen LogP contribution in [0.2, 0.25) is 4.34 Å². The lowest BCUT2D eigenvalue weighted by molar-refractivity contribution is -0.0147. The third kappa shape index (κ3) is 4.26. The van der Waals surface area contributed by atoms with Gasteiger partial charge >= 0.3 is 8.80 Å². The molecule has 0 saturated carbocycles. The summed E-state index contributed by atoms with van der Waals surface area (Å²) in [6, 6.07) is 4.01. The fourth-order valence-electron chi connectivity index (χ4n) is 2.68. The van der Waals surface area contributed by atoms with Crippen molar-refractivity contribution >= 4 is 31.7 Å². The van der Waals surface area contributed by atoms with E-state index in [-0.39, 0.29) is 0 Å². The molecule has 2 bridgehead atoms. The van der Waals surface area contributed by atoms with E-state index < -0.39 is 8.80 Å². The highest BCUT2D eigenvalue weighted by Crippen LogP contribution is 2.23. The molecule has 0 unspecified atom stereocenters. The second kappa shape index (κ2) is 7.06. The summed E-state index contributed by atoms with van der Waals surface area (Å²) in [5.41, 5.74) is 0. The van der Waals surface area contributed by atoms with Crippen molar-refractivity contribution in [2.45, 2.75) is 6.54 Å². The number of halogens is 1. The highest BCUT2D eigenvalue weighted by molar-refractivity contribution is 7.16. The summed E-state index contributed by atoms with van der Waals surface area (Å²) < 4.78 is 19.0. The highest BCUT2D eigenvalue weighted by Gasteiger charge is 2.45. The SMILES string of the molecule is CN(Cc1ccc(Cl)s1)C[Si]12OCCN(CCO1)CCO2. The molecule has 0 amide bonds. The lowest BCUT2D eigenvalue weighted by atomic mass is 10.4. The monoisotopic (exact) mass is 348 g/mol. The molecule has 0 N–H and O–H groups in total. The molecule has 0 radical (unpaired) electrons. The fourth-order valence-corrected chi connectivity index (χ4v) is 6.35. The first-order valence-electron chi connectivity index (χ1n) is 7.22. The lowest BCUT2D eigenvalue weighted by Crippen LogP contribution is -2.60. The summed E-state index contributed by atoms with van der Waals surface area (Å²) in [7, 11) is -0.488. The minimum atomic E-state index is -2.57. The van der Waals surface area contributed by atoms with Crippen molar-refractivity contribution in [2.75, 3.05) is 52.7 Å². The van der Waals surface area contributed by atoms with E-state index in [0.717, 1.165) is 36.7 Å². The summed E-state index contributed by atoms with van der Waals surface area (Å²) >= 11 is 7.60. The molecule has 21 heavy (non-hydrogen) atoms. The third-order valence-electron chi connectivity index (χ3n) is 3.71. The molecule has 3 aliphatic heterocycles. The van der Waals surface area contributed by atoms with Gasteiger partial charge in [-0.3, -0.25) is 9.80 Å². The Hall–Kier alpha value is 0.00688. The van der Waals surface area contributed by atoms with Crippen LogP contribution in [0.5, 0.6) is 0 Å². The molecular weight excluding hydrogens is 328 g/mol. The Morgan fingerprint density at radius 1 is 1.19 bits per heavy atom. The Balaban J connectivity index is 1.62. The molecule has 4 heterocycles. The smallest absolute Gasteiger partial charge is 0.371 e. The van der Waals surface area contributed by atoms with Gasteiger partial charge in [-0.15, -0.1) is 11.3 Å². The van der Waals surface area contributed by atoms with Crippen molar-refractivity contribution in [1.82, 2.24) is 9.80 Å². The molecule has 118 valence electrons. The molecule has 0 atom stereocenters. The minimum absolute atomic E-state index is 0.699. The van der Waals surface area contributed by atoms with Crippen LogP contribution in [0.3, 0.4) is 0 Å². The standard InChI is InChI=1S/C13H21ClN2O3SSi/c1-15(10-12-2-3-13(14)20-12)11-21-17-7-4-16(5-8-18-21)6-9-19-21/h2-3H,4-11H2,1H3. The predicted octanol–water partition coefficient (Wildman–Crippen LogP) is 1.69. The Morgan fingerprint density at radius 2 is 1.81 bits per heavy atom. The van der Waals surface area contributed by atoms with Crippen molar-refractivity contribution in [3.05, 3.63) is 21.3 Å². The van der Waals surface area contributed by atoms with Gasteiger partial charge in [-0.05, 0) is 19.2 Å². The molecule has 8 heteroatoms. The highest BCUT2D eigenvalue weighted by atomic mass is 35.5. The minimum Gasteiger partial charge on any atom is -0.371 e. The van der Waals surface area contributed by atoms with Gasteiger partial charge in [0, 0.05) is 31.1 Å². The first-order chi connectivity index (χ1) is 10.2. The van der Waals surface area contributed by atoms with Crippen LogP contribution >= 0.6 is 22.9 Å². The van der Waals surface area contributed by atoms with E-state index >= 15 is 0 Å². The summed E-state index contributed by atoms with van der Waals surface area (Å²) in [6.45, 7) is 5.87. The van der Waals surface area contributed by atoms with Crippen LogP contribution < -0.4 is 0 Å². The van der Waals surface area contributed by atoms with E-state index in [0.29, 0.717) is 19.8 Å². The largest absolute Gasteiger partial charge is 0.515 e. The van der Waals surface area contributed by atoms with E-state index in [1.807, 2.05) is 6.07 Å². The first kappa shape index (κ1) is 15.9. The van der Waals surface area contributed by atoms with Gasteiger partial charge in [-0.2, -0.15) is 0 Å². The molecule has 5 nitrogen and oxygen atoms in total. The summed E-state index contributed by atoms with van der Waals surface area (Å²) in [5, 5.41) is 0. The third-order valence-corrected chi connectivity index (χ3v) is 7.78. The number of hydrogen-bond donors (Lipinski definition) is 0. The average Bonchev–Trinajstić information content (AvgIpc) is 2.76. The van der Waals surface area contributed by atoms with Crippen molar-refractivity contribution in [1.29, 1.82) is 0 Å². The molecule has 3 saturated heterocycles. The fraction of sp³-hybridized carbons (Fsp3) is 0.692. The maximum Gasteiger partial charge on any atom is 0.515 e.